The van der Waals surface area contributed by atoms with Crippen LogP contribution in [0.1, 0.15) is 20.7 Å². The van der Waals surface area contributed by atoms with Crippen LogP contribution in [0.4, 0.5) is 5.69 Å². The third-order valence-electron chi connectivity index (χ3n) is 3.86. The minimum atomic E-state index is -0.742. The molecule has 9 heteroatoms. The SMILES string of the molecule is COc1cc(C(=O)OCC(=O)Nc2ccccc2C(N)=O)cc2c1OCCO2. The van der Waals surface area contributed by atoms with Crippen molar-refractivity contribution in [3.63, 3.8) is 0 Å². The van der Waals surface area contributed by atoms with Crippen molar-refractivity contribution in [3.8, 4) is 17.2 Å². The number of carbonyl (C=O) groups excluding carboxylic acids is 3. The Morgan fingerprint density at radius 1 is 1.14 bits per heavy atom. The molecule has 2 aromatic carbocycles. The number of amides is 2. The summed E-state index contributed by atoms with van der Waals surface area (Å²) in [6.07, 6.45) is 0. The number of para-hydroxylation sites is 1. The number of fused-ring (bicyclic) bond motifs is 1. The van der Waals surface area contributed by atoms with Crippen LogP contribution in [0, 0.1) is 0 Å². The predicted octanol–water partition coefficient (Wildman–Crippen LogP) is 1.36. The fourth-order valence-electron chi connectivity index (χ4n) is 2.60. The summed E-state index contributed by atoms with van der Waals surface area (Å²) in [5.74, 6) is -0.955. The van der Waals surface area contributed by atoms with Crippen LogP contribution in [0.2, 0.25) is 0 Å². The fourth-order valence-corrected chi connectivity index (χ4v) is 2.60. The first-order chi connectivity index (χ1) is 13.5. The highest BCUT2D eigenvalue weighted by molar-refractivity contribution is 6.03. The average Bonchev–Trinajstić information content (AvgIpc) is 2.71. The lowest BCUT2D eigenvalue weighted by Gasteiger charge is -2.21. The summed E-state index contributed by atoms with van der Waals surface area (Å²) in [5.41, 5.74) is 5.79. The van der Waals surface area contributed by atoms with Gasteiger partial charge in [0.05, 0.1) is 23.9 Å². The second-order valence-electron chi connectivity index (χ2n) is 5.74. The first-order valence-electron chi connectivity index (χ1n) is 8.33. The molecule has 9 nitrogen and oxygen atoms in total. The Hall–Kier alpha value is -3.75. The van der Waals surface area contributed by atoms with E-state index in [1.54, 1.807) is 12.1 Å². The Morgan fingerprint density at radius 2 is 1.89 bits per heavy atom. The number of hydrogen-bond acceptors (Lipinski definition) is 7. The number of hydrogen-bond donors (Lipinski definition) is 2. The molecule has 0 radical (unpaired) electrons. The molecule has 2 aromatic rings. The largest absolute Gasteiger partial charge is 0.493 e. The van der Waals surface area contributed by atoms with Crippen molar-refractivity contribution >= 4 is 23.5 Å². The van der Waals surface area contributed by atoms with E-state index in [0.29, 0.717) is 30.5 Å². The third kappa shape index (κ3) is 4.14. The van der Waals surface area contributed by atoms with E-state index in [2.05, 4.69) is 5.32 Å². The van der Waals surface area contributed by atoms with Gasteiger partial charge in [-0.15, -0.1) is 0 Å². The van der Waals surface area contributed by atoms with Crippen LogP contribution in [-0.2, 0) is 9.53 Å². The van der Waals surface area contributed by atoms with Gasteiger partial charge in [0.15, 0.2) is 18.1 Å². The Kier molecular flexibility index (Phi) is 5.64. The molecule has 1 aliphatic rings. The van der Waals surface area contributed by atoms with Gasteiger partial charge in [-0.1, -0.05) is 12.1 Å². The maximum absolute atomic E-state index is 12.3. The average molecular weight is 386 g/mol. The molecule has 146 valence electrons. The number of ether oxygens (including phenoxy) is 4. The first-order valence-corrected chi connectivity index (χ1v) is 8.33. The molecular formula is C19H18N2O7. The van der Waals surface area contributed by atoms with Crippen LogP contribution in [0.3, 0.4) is 0 Å². The zero-order chi connectivity index (χ0) is 20.1. The van der Waals surface area contributed by atoms with Gasteiger partial charge in [0.25, 0.3) is 11.8 Å². The normalized spacial score (nSPS) is 12.0. The first kappa shape index (κ1) is 19.0. The predicted molar refractivity (Wildman–Crippen MR) is 97.9 cm³/mol. The highest BCUT2D eigenvalue weighted by Crippen LogP contribution is 2.40. The van der Waals surface area contributed by atoms with Gasteiger partial charge in [0, 0.05) is 0 Å². The van der Waals surface area contributed by atoms with Gasteiger partial charge in [0.2, 0.25) is 5.75 Å². The molecule has 0 aliphatic carbocycles. The van der Waals surface area contributed by atoms with Gasteiger partial charge in [-0.3, -0.25) is 9.59 Å². The lowest BCUT2D eigenvalue weighted by atomic mass is 10.1. The standard InChI is InChI=1S/C19H18N2O7/c1-25-14-8-11(9-15-17(14)27-7-6-26-15)19(24)28-10-16(22)21-13-5-3-2-4-12(13)18(20)23/h2-5,8-9H,6-7,10H2,1H3,(H2,20,23)(H,21,22). The van der Waals surface area contributed by atoms with Crippen LogP contribution in [0.25, 0.3) is 0 Å². The molecule has 3 rings (SSSR count). The monoisotopic (exact) mass is 386 g/mol. The lowest BCUT2D eigenvalue weighted by molar-refractivity contribution is -0.119. The van der Waals surface area contributed by atoms with E-state index in [4.69, 9.17) is 24.7 Å². The van der Waals surface area contributed by atoms with Gasteiger partial charge in [0.1, 0.15) is 13.2 Å². The molecule has 2 amide bonds. The van der Waals surface area contributed by atoms with Crippen LogP contribution in [0.5, 0.6) is 17.2 Å². The molecule has 0 bridgehead atoms. The number of carbonyl (C=O) groups is 3. The Balaban J connectivity index is 1.66. The van der Waals surface area contributed by atoms with Gasteiger partial charge in [-0.05, 0) is 24.3 Å². The molecule has 0 atom stereocenters. The highest BCUT2D eigenvalue weighted by atomic mass is 16.6. The summed E-state index contributed by atoms with van der Waals surface area (Å²) in [4.78, 5) is 35.8. The van der Waals surface area contributed by atoms with Crippen molar-refractivity contribution in [1.29, 1.82) is 0 Å². The molecule has 0 unspecified atom stereocenters. The Morgan fingerprint density at radius 3 is 2.64 bits per heavy atom. The summed E-state index contributed by atoms with van der Waals surface area (Å²) in [6, 6.07) is 9.15. The fraction of sp³-hybridized carbons (Fsp3) is 0.211. The van der Waals surface area contributed by atoms with Crippen molar-refractivity contribution in [2.45, 2.75) is 0 Å². The quantitative estimate of drug-likeness (QED) is 0.718. The molecule has 0 aromatic heterocycles. The van der Waals surface area contributed by atoms with E-state index in [1.807, 2.05) is 0 Å². The van der Waals surface area contributed by atoms with Crippen LogP contribution in [0.15, 0.2) is 36.4 Å². The molecule has 0 spiro atoms. The Labute approximate surface area is 160 Å². The molecule has 0 saturated heterocycles. The van der Waals surface area contributed by atoms with Crippen molar-refractivity contribution in [2.75, 3.05) is 32.2 Å². The zero-order valence-electron chi connectivity index (χ0n) is 15.0. The summed E-state index contributed by atoms with van der Waals surface area (Å²) in [6.45, 7) is 0.166. The van der Waals surface area contributed by atoms with Crippen molar-refractivity contribution < 1.29 is 33.3 Å². The molecule has 28 heavy (non-hydrogen) atoms. The van der Waals surface area contributed by atoms with E-state index >= 15 is 0 Å². The zero-order valence-corrected chi connectivity index (χ0v) is 15.0. The topological polar surface area (TPSA) is 126 Å². The van der Waals surface area contributed by atoms with Gasteiger partial charge in [-0.25, -0.2) is 4.79 Å². The minimum Gasteiger partial charge on any atom is -0.493 e. The van der Waals surface area contributed by atoms with Gasteiger partial charge >= 0.3 is 5.97 Å². The number of rotatable bonds is 6. The highest BCUT2D eigenvalue weighted by Gasteiger charge is 2.22. The number of methoxy groups -OCH3 is 1. The van der Waals surface area contributed by atoms with E-state index in [-0.39, 0.29) is 16.8 Å². The van der Waals surface area contributed by atoms with Crippen LogP contribution in [-0.4, -0.2) is 44.7 Å². The van der Waals surface area contributed by atoms with E-state index in [0.717, 1.165) is 0 Å². The van der Waals surface area contributed by atoms with Gasteiger partial charge in [-0.2, -0.15) is 0 Å². The third-order valence-corrected chi connectivity index (χ3v) is 3.86. The van der Waals surface area contributed by atoms with E-state index in [9.17, 15) is 14.4 Å². The molecular weight excluding hydrogens is 368 g/mol. The lowest BCUT2D eigenvalue weighted by Crippen LogP contribution is -2.23. The minimum absolute atomic E-state index is 0.145. The number of anilines is 1. The Bertz CT molecular complexity index is 909. The second-order valence-corrected chi connectivity index (χ2v) is 5.74. The smallest absolute Gasteiger partial charge is 0.338 e. The number of nitrogens with one attached hydrogen (secondary N) is 1. The number of nitrogens with two attached hydrogens (primary N) is 1. The summed E-state index contributed by atoms with van der Waals surface area (Å²) in [5, 5.41) is 2.48. The molecule has 0 saturated carbocycles. The maximum atomic E-state index is 12.3. The second kappa shape index (κ2) is 8.30. The van der Waals surface area contributed by atoms with Crippen LogP contribution >= 0.6 is 0 Å². The van der Waals surface area contributed by atoms with Crippen molar-refractivity contribution in [3.05, 3.63) is 47.5 Å². The summed E-state index contributed by atoms with van der Waals surface area (Å²) < 4.78 is 21.2. The molecule has 1 aliphatic heterocycles. The molecule has 3 N–H and O–H groups in total. The molecule has 1 heterocycles. The van der Waals surface area contributed by atoms with Crippen LogP contribution < -0.4 is 25.3 Å². The van der Waals surface area contributed by atoms with Crippen molar-refractivity contribution in [1.82, 2.24) is 0 Å². The van der Waals surface area contributed by atoms with Crippen molar-refractivity contribution in [2.24, 2.45) is 5.73 Å². The van der Waals surface area contributed by atoms with E-state index < -0.39 is 24.4 Å². The number of primary amides is 1. The van der Waals surface area contributed by atoms with Gasteiger partial charge < -0.3 is 30.0 Å². The maximum Gasteiger partial charge on any atom is 0.338 e. The number of esters is 1. The number of benzene rings is 2. The summed E-state index contributed by atoms with van der Waals surface area (Å²) >= 11 is 0. The molecule has 0 fully saturated rings. The summed E-state index contributed by atoms with van der Waals surface area (Å²) in [7, 11) is 1.44. The van der Waals surface area contributed by atoms with E-state index in [1.165, 1.54) is 31.4 Å².